The van der Waals surface area contributed by atoms with E-state index in [4.69, 9.17) is 14.2 Å². The van der Waals surface area contributed by atoms with Crippen LogP contribution in [0.25, 0.3) is 0 Å². The fraction of sp³-hybridized carbons (Fsp3) is 0.755. The number of nitrogens with zero attached hydrogens (tertiary/aromatic N) is 4. The van der Waals surface area contributed by atoms with Gasteiger partial charge in [0.2, 0.25) is 23.6 Å². The van der Waals surface area contributed by atoms with Crippen molar-refractivity contribution in [3.8, 4) is 0 Å². The molecule has 2 radical (unpaired) electrons. The van der Waals surface area contributed by atoms with Gasteiger partial charge in [-0.15, -0.1) is 6.58 Å². The quantitative estimate of drug-likeness (QED) is 0.0518. The minimum Gasteiger partial charge on any atom is -0.458 e. The smallest absolute Gasteiger partial charge is 0.338 e. The van der Waals surface area contributed by atoms with Crippen molar-refractivity contribution in [2.24, 2.45) is 0 Å². The number of carbonyl (C=O) groups excluding carboxylic acids is 8. The number of ether oxygens (including phenoxy) is 3. The molecule has 0 fully saturated rings. The summed E-state index contributed by atoms with van der Waals surface area (Å²) in [5.41, 5.74) is -1.98. The number of aldehydes is 1. The van der Waals surface area contributed by atoms with Gasteiger partial charge in [0.1, 0.15) is 35.3 Å². The topological polar surface area (TPSA) is 258 Å². The van der Waals surface area contributed by atoms with Gasteiger partial charge in [0.05, 0.1) is 18.1 Å². The van der Waals surface area contributed by atoms with E-state index in [1.807, 2.05) is 48.5 Å². The Kier molecular flexibility index (Phi) is 48.7. The van der Waals surface area contributed by atoms with Crippen LogP contribution >= 0.6 is 0 Å². The zero-order valence-electron chi connectivity index (χ0n) is 46.7. The van der Waals surface area contributed by atoms with Crippen LogP contribution in [-0.4, -0.2) is 179 Å². The molecule has 0 aliphatic heterocycles. The summed E-state index contributed by atoms with van der Waals surface area (Å²) in [5, 5.41) is 39.5. The second kappa shape index (κ2) is 41.5. The standard InChI is InChI=1S/2C13H25NO5.C13H23NO3.C7H13NO2.C3H6.2Ac/c2*1-7-14(9(3)15)8(2)10(16)11(17)12(18)19-13(4,5)6;1-7-14(11(3)15)10(2)8-9-12(16)17-13(4,5)6;1-4-8(7(3)10)6(2)5-9;1-3-2;;/h2*8,10-11,16-17H,7H2,1-6H3;8-10H,7H2,1-6H3;5-6H,4H2,1-3H3;3H,1H2,2H3;;/b;;9-8+;;;;/t2*8-,10?,11?;10-;6-;;;/m0000.../s1. The molecule has 0 aliphatic carbocycles. The fourth-order valence-corrected chi connectivity index (χ4v) is 5.82. The van der Waals surface area contributed by atoms with Crippen molar-refractivity contribution in [2.75, 3.05) is 26.2 Å². The van der Waals surface area contributed by atoms with E-state index >= 15 is 0 Å². The minimum atomic E-state index is -1.68. The number of allylic oxidation sites excluding steroid dienone is 1. The minimum absolute atomic E-state index is 0. The van der Waals surface area contributed by atoms with Crippen molar-refractivity contribution in [1.82, 2.24) is 19.6 Å². The third-order valence-electron chi connectivity index (χ3n) is 8.99. The van der Waals surface area contributed by atoms with Crippen molar-refractivity contribution < 1.29 is 161 Å². The number of amides is 4. The molecule has 0 heterocycles. The number of likely N-dealkylation sites (N-methyl/N-ethyl adjacent to an activating group) is 4. The molecule has 404 valence electrons. The number of esters is 3. The average molecular weight is 1430 g/mol. The zero-order chi connectivity index (χ0) is 55.2. The summed E-state index contributed by atoms with van der Waals surface area (Å²) in [6, 6.07) is -1.75. The van der Waals surface area contributed by atoms with E-state index in [0.29, 0.717) is 26.2 Å². The van der Waals surface area contributed by atoms with E-state index in [9.17, 15) is 58.8 Å². The van der Waals surface area contributed by atoms with Gasteiger partial charge in [0.25, 0.3) is 0 Å². The Labute approximate surface area is 492 Å². The Balaban J connectivity index is -0.000000150. The first-order valence-electron chi connectivity index (χ1n) is 22.9. The maximum atomic E-state index is 11.6. The molecule has 0 aromatic rings. The van der Waals surface area contributed by atoms with Crippen LogP contribution in [0.4, 0.5) is 0 Å². The van der Waals surface area contributed by atoms with Gasteiger partial charge >= 0.3 is 17.9 Å². The van der Waals surface area contributed by atoms with Crippen molar-refractivity contribution >= 4 is 47.8 Å². The van der Waals surface area contributed by atoms with Crippen LogP contribution in [0, 0.1) is 88.1 Å². The summed E-state index contributed by atoms with van der Waals surface area (Å²) >= 11 is 0. The average Bonchev–Trinajstić information content (AvgIpc) is 3.18. The molecule has 0 aromatic heterocycles. The second-order valence-corrected chi connectivity index (χ2v) is 18.6. The Hall–Kier alpha value is -1.84. The van der Waals surface area contributed by atoms with E-state index in [2.05, 4.69) is 6.58 Å². The number of aliphatic hydroxyl groups is 4. The Morgan fingerprint density at radius 3 is 0.943 bits per heavy atom. The molecule has 0 saturated heterocycles. The van der Waals surface area contributed by atoms with Crippen molar-refractivity contribution in [3.05, 3.63) is 24.8 Å². The molecule has 0 aromatic carbocycles. The number of aliphatic hydroxyl groups excluding tert-OH is 4. The first kappa shape index (κ1) is 82.2. The molecule has 0 aliphatic rings. The number of rotatable bonds is 17. The molecule has 4 unspecified atom stereocenters. The molecule has 4 amide bonds. The van der Waals surface area contributed by atoms with E-state index in [1.54, 1.807) is 93.2 Å². The largest absolute Gasteiger partial charge is 0.458 e. The number of carbonyl (C=O) groups is 8. The Morgan fingerprint density at radius 2 is 0.757 bits per heavy atom. The van der Waals surface area contributed by atoms with Gasteiger partial charge < -0.3 is 59.0 Å². The number of hydrogen-bond acceptors (Lipinski definition) is 15. The molecule has 0 spiro atoms. The van der Waals surface area contributed by atoms with Gasteiger partial charge in [-0.25, -0.2) is 14.4 Å². The van der Waals surface area contributed by atoms with E-state index in [1.165, 1.54) is 48.5 Å². The molecule has 0 saturated carbocycles. The maximum Gasteiger partial charge on any atom is 0.338 e. The first-order chi connectivity index (χ1) is 30.7. The zero-order valence-corrected chi connectivity index (χ0v) is 56.2. The van der Waals surface area contributed by atoms with Crippen LogP contribution in [0.15, 0.2) is 24.8 Å². The Bertz CT molecular complexity index is 1510. The SMILES string of the molecule is C=CC.CCN(C(C)=O)[C@@H](C)/C=C/C(=O)OC(C)(C)C.CCN(C(C)=O)[C@@H](C)C(O)C(O)C(=O)OC(C)(C)C.CCN(C(C)=O)[C@@H](C)C(O)C(O)C(=O)OC(C)(C)C.CCN(C(C)=O)[C@@H](C)C=O.[Ac].[Ac]. The van der Waals surface area contributed by atoms with Crippen LogP contribution in [0.3, 0.4) is 0 Å². The third-order valence-corrected chi connectivity index (χ3v) is 8.99. The molecule has 21 heteroatoms. The first-order valence-corrected chi connectivity index (χ1v) is 22.9. The predicted molar refractivity (Wildman–Crippen MR) is 263 cm³/mol. The van der Waals surface area contributed by atoms with Crippen LogP contribution in [-0.2, 0) is 52.6 Å². The summed E-state index contributed by atoms with van der Waals surface area (Å²) < 4.78 is 15.1. The molecular weight excluding hydrogens is 1340 g/mol. The van der Waals surface area contributed by atoms with E-state index in [-0.39, 0.29) is 130 Å². The maximum absolute atomic E-state index is 11.6. The summed E-state index contributed by atoms with van der Waals surface area (Å²) in [4.78, 5) is 95.6. The summed E-state index contributed by atoms with van der Waals surface area (Å²) in [6.07, 6.45) is -0.562. The second-order valence-electron chi connectivity index (χ2n) is 18.6. The van der Waals surface area contributed by atoms with Crippen LogP contribution in [0.1, 0.15) is 152 Å². The molecule has 70 heavy (non-hydrogen) atoms. The summed E-state index contributed by atoms with van der Waals surface area (Å²) in [6.45, 7) is 42.4. The molecule has 0 rings (SSSR count). The van der Waals surface area contributed by atoms with Crippen LogP contribution in [0.5, 0.6) is 0 Å². The molecule has 8 atom stereocenters. The van der Waals surface area contributed by atoms with E-state index < -0.39 is 65.2 Å². The third kappa shape index (κ3) is 39.7. The van der Waals surface area contributed by atoms with Gasteiger partial charge in [-0.3, -0.25) is 19.2 Å². The summed E-state index contributed by atoms with van der Waals surface area (Å²) in [7, 11) is 0. The number of hydrogen-bond donors (Lipinski definition) is 4. The molecule has 4 N–H and O–H groups in total. The van der Waals surface area contributed by atoms with Gasteiger partial charge in [0.15, 0.2) is 12.2 Å². The summed E-state index contributed by atoms with van der Waals surface area (Å²) in [5.74, 6) is -2.70. The monoisotopic (exact) mass is 1430 g/mol. The van der Waals surface area contributed by atoms with Crippen LogP contribution in [0.2, 0.25) is 0 Å². The predicted octanol–water partition coefficient (Wildman–Crippen LogP) is 4.39. The van der Waals surface area contributed by atoms with E-state index in [0.717, 1.165) is 6.29 Å². The van der Waals surface area contributed by atoms with Gasteiger partial charge in [-0.05, 0) is 125 Å². The van der Waals surface area contributed by atoms with Gasteiger partial charge in [-0.2, -0.15) is 0 Å². The normalized spacial score (nSPS) is 14.1. The van der Waals surface area contributed by atoms with Gasteiger partial charge in [-0.1, -0.05) is 12.2 Å². The fourth-order valence-electron chi connectivity index (χ4n) is 5.82. The van der Waals surface area contributed by atoms with Gasteiger partial charge in [0, 0.05) is 154 Å². The van der Waals surface area contributed by atoms with Crippen LogP contribution < -0.4 is 0 Å². The molecular formula is C49H92Ac2N4O15. The Morgan fingerprint density at radius 1 is 0.514 bits per heavy atom. The van der Waals surface area contributed by atoms with Crippen molar-refractivity contribution in [1.29, 1.82) is 0 Å². The molecule has 0 bridgehead atoms. The van der Waals surface area contributed by atoms with Crippen molar-refractivity contribution in [2.45, 2.75) is 218 Å². The van der Waals surface area contributed by atoms with Crippen molar-refractivity contribution in [3.63, 3.8) is 0 Å². The molecule has 19 nitrogen and oxygen atoms in total.